The maximum absolute atomic E-state index is 12.0. The van der Waals surface area contributed by atoms with E-state index in [9.17, 15) is 4.79 Å². The third kappa shape index (κ3) is 2.23. The average Bonchev–Trinajstić information content (AvgIpc) is 2.96. The number of fused-ring (bicyclic) bond motifs is 1. The SMILES string of the molecule is CC(OC(=O)c1ccccc1)c1ccnc2ncnn12. The molecule has 6 heteroatoms. The van der Waals surface area contributed by atoms with E-state index in [-0.39, 0.29) is 5.97 Å². The summed E-state index contributed by atoms with van der Waals surface area (Å²) in [5, 5.41) is 4.07. The van der Waals surface area contributed by atoms with Gasteiger partial charge < -0.3 is 4.74 Å². The molecule has 1 aromatic carbocycles. The molecule has 3 aromatic rings. The number of carbonyl (C=O) groups excluding carboxylic acids is 1. The molecule has 1 unspecified atom stereocenters. The van der Waals surface area contributed by atoms with E-state index < -0.39 is 6.10 Å². The fourth-order valence-corrected chi connectivity index (χ4v) is 1.93. The topological polar surface area (TPSA) is 69.4 Å². The van der Waals surface area contributed by atoms with Crippen LogP contribution in [0.1, 0.15) is 29.1 Å². The average molecular weight is 268 g/mol. The van der Waals surface area contributed by atoms with Crippen LogP contribution in [0.5, 0.6) is 0 Å². The first-order chi connectivity index (χ1) is 9.75. The van der Waals surface area contributed by atoms with Gasteiger partial charge in [-0.05, 0) is 25.1 Å². The third-order valence-electron chi connectivity index (χ3n) is 2.92. The van der Waals surface area contributed by atoms with E-state index in [1.165, 1.54) is 6.33 Å². The van der Waals surface area contributed by atoms with Gasteiger partial charge in [0.1, 0.15) is 12.4 Å². The van der Waals surface area contributed by atoms with Gasteiger partial charge in [0.15, 0.2) is 0 Å². The number of hydrogen-bond donors (Lipinski definition) is 0. The Bertz CT molecular complexity index is 739. The summed E-state index contributed by atoms with van der Waals surface area (Å²) in [6.07, 6.45) is 2.58. The predicted octanol–water partition coefficient (Wildman–Crippen LogP) is 2.04. The van der Waals surface area contributed by atoms with Crippen LogP contribution in [0, 0.1) is 0 Å². The Labute approximate surface area is 115 Å². The molecule has 20 heavy (non-hydrogen) atoms. The van der Waals surface area contributed by atoms with Gasteiger partial charge in [-0.2, -0.15) is 14.6 Å². The molecule has 0 fully saturated rings. The van der Waals surface area contributed by atoms with Crippen molar-refractivity contribution in [2.24, 2.45) is 0 Å². The van der Waals surface area contributed by atoms with Crippen LogP contribution in [0.3, 0.4) is 0 Å². The first kappa shape index (κ1) is 12.3. The van der Waals surface area contributed by atoms with Gasteiger partial charge in [0.2, 0.25) is 0 Å². The van der Waals surface area contributed by atoms with Gasteiger partial charge in [-0.3, -0.25) is 0 Å². The molecule has 1 atom stereocenters. The van der Waals surface area contributed by atoms with E-state index in [1.807, 2.05) is 6.07 Å². The van der Waals surface area contributed by atoms with Crippen LogP contribution in [0.15, 0.2) is 48.9 Å². The zero-order chi connectivity index (χ0) is 13.9. The van der Waals surface area contributed by atoms with E-state index in [0.717, 1.165) is 5.69 Å². The predicted molar refractivity (Wildman–Crippen MR) is 71.1 cm³/mol. The van der Waals surface area contributed by atoms with Gasteiger partial charge in [-0.25, -0.2) is 9.78 Å². The van der Waals surface area contributed by atoms with Gasteiger partial charge in [-0.15, -0.1) is 0 Å². The lowest BCUT2D eigenvalue weighted by atomic mass is 10.2. The van der Waals surface area contributed by atoms with E-state index in [1.54, 1.807) is 48.0 Å². The van der Waals surface area contributed by atoms with Gasteiger partial charge in [0, 0.05) is 6.20 Å². The second-order valence-electron chi connectivity index (χ2n) is 4.26. The third-order valence-corrected chi connectivity index (χ3v) is 2.92. The van der Waals surface area contributed by atoms with Gasteiger partial charge in [-0.1, -0.05) is 18.2 Å². The highest BCUT2D eigenvalue weighted by atomic mass is 16.5. The minimum atomic E-state index is -0.449. The Morgan fingerprint density at radius 3 is 2.80 bits per heavy atom. The zero-order valence-electron chi connectivity index (χ0n) is 10.8. The summed E-state index contributed by atoms with van der Waals surface area (Å²) in [7, 11) is 0. The number of nitrogens with zero attached hydrogens (tertiary/aromatic N) is 4. The van der Waals surface area contributed by atoms with Crippen LogP contribution in [-0.2, 0) is 4.74 Å². The molecule has 0 spiro atoms. The van der Waals surface area contributed by atoms with Gasteiger partial charge in [0.05, 0.1) is 11.3 Å². The fourth-order valence-electron chi connectivity index (χ4n) is 1.93. The lowest BCUT2D eigenvalue weighted by Gasteiger charge is -2.14. The maximum Gasteiger partial charge on any atom is 0.338 e. The Kier molecular flexibility index (Phi) is 3.12. The van der Waals surface area contributed by atoms with Crippen molar-refractivity contribution in [2.75, 3.05) is 0 Å². The molecule has 0 saturated carbocycles. The lowest BCUT2D eigenvalue weighted by molar-refractivity contribution is 0.0325. The van der Waals surface area contributed by atoms with Crippen LogP contribution >= 0.6 is 0 Å². The summed E-state index contributed by atoms with van der Waals surface area (Å²) in [5.74, 6) is 0.105. The van der Waals surface area contributed by atoms with Crippen molar-refractivity contribution in [3.63, 3.8) is 0 Å². The molecule has 3 rings (SSSR count). The molecule has 2 heterocycles. The zero-order valence-corrected chi connectivity index (χ0v) is 10.8. The van der Waals surface area contributed by atoms with E-state index >= 15 is 0 Å². The van der Waals surface area contributed by atoms with Crippen molar-refractivity contribution in [1.29, 1.82) is 0 Å². The monoisotopic (exact) mass is 268 g/mol. The van der Waals surface area contributed by atoms with E-state index in [4.69, 9.17) is 4.74 Å². The summed E-state index contributed by atoms with van der Waals surface area (Å²) < 4.78 is 7.00. The van der Waals surface area contributed by atoms with Crippen molar-refractivity contribution in [2.45, 2.75) is 13.0 Å². The first-order valence-corrected chi connectivity index (χ1v) is 6.16. The quantitative estimate of drug-likeness (QED) is 0.680. The van der Waals surface area contributed by atoms with E-state index in [0.29, 0.717) is 11.3 Å². The minimum Gasteiger partial charge on any atom is -0.453 e. The Hall–Kier alpha value is -2.76. The van der Waals surface area contributed by atoms with Gasteiger partial charge >= 0.3 is 5.97 Å². The maximum atomic E-state index is 12.0. The molecule has 0 saturated heterocycles. The molecule has 2 aromatic heterocycles. The molecule has 0 aliphatic carbocycles. The smallest absolute Gasteiger partial charge is 0.338 e. The lowest BCUT2D eigenvalue weighted by Crippen LogP contribution is -2.12. The highest BCUT2D eigenvalue weighted by Crippen LogP contribution is 2.18. The molecule has 0 radical (unpaired) electrons. The fraction of sp³-hybridized carbons (Fsp3) is 0.143. The highest BCUT2D eigenvalue weighted by Gasteiger charge is 2.16. The number of rotatable bonds is 3. The Morgan fingerprint density at radius 2 is 2.00 bits per heavy atom. The van der Waals surface area contributed by atoms with E-state index in [2.05, 4.69) is 15.1 Å². The summed E-state index contributed by atoms with van der Waals surface area (Å²) in [4.78, 5) is 20.1. The number of aromatic nitrogens is 4. The van der Waals surface area contributed by atoms with Crippen LogP contribution in [0.2, 0.25) is 0 Å². The van der Waals surface area contributed by atoms with Crippen LogP contribution in [0.4, 0.5) is 0 Å². The van der Waals surface area contributed by atoms with Crippen molar-refractivity contribution in [3.8, 4) is 0 Å². The second kappa shape index (κ2) is 5.08. The largest absolute Gasteiger partial charge is 0.453 e. The number of carbonyl (C=O) groups is 1. The molecule has 0 aliphatic heterocycles. The number of esters is 1. The Balaban J connectivity index is 1.85. The van der Waals surface area contributed by atoms with Gasteiger partial charge in [0.25, 0.3) is 5.78 Å². The molecule has 0 N–H and O–H groups in total. The number of ether oxygens (including phenoxy) is 1. The van der Waals surface area contributed by atoms with Crippen molar-refractivity contribution in [3.05, 3.63) is 60.2 Å². The summed E-state index contributed by atoms with van der Waals surface area (Å²) in [6, 6.07) is 10.6. The number of benzene rings is 1. The molecular formula is C14H12N4O2. The summed E-state index contributed by atoms with van der Waals surface area (Å²) in [5.41, 5.74) is 1.24. The first-order valence-electron chi connectivity index (χ1n) is 6.16. The summed E-state index contributed by atoms with van der Waals surface area (Å²) >= 11 is 0. The molecule has 6 nitrogen and oxygen atoms in total. The van der Waals surface area contributed by atoms with Crippen LogP contribution in [0.25, 0.3) is 5.78 Å². The van der Waals surface area contributed by atoms with Crippen LogP contribution < -0.4 is 0 Å². The van der Waals surface area contributed by atoms with Crippen molar-refractivity contribution in [1.82, 2.24) is 19.6 Å². The normalized spacial score (nSPS) is 12.2. The molecule has 100 valence electrons. The van der Waals surface area contributed by atoms with Crippen LogP contribution in [-0.4, -0.2) is 25.6 Å². The molecule has 0 aliphatic rings. The highest BCUT2D eigenvalue weighted by molar-refractivity contribution is 5.89. The Morgan fingerprint density at radius 1 is 1.20 bits per heavy atom. The van der Waals surface area contributed by atoms with Crippen molar-refractivity contribution < 1.29 is 9.53 Å². The second-order valence-corrected chi connectivity index (χ2v) is 4.26. The van der Waals surface area contributed by atoms with Crippen molar-refractivity contribution >= 4 is 11.7 Å². The summed E-state index contributed by atoms with van der Waals surface area (Å²) in [6.45, 7) is 1.79. The molecule has 0 bridgehead atoms. The standard InChI is InChI=1S/C14H12N4O2/c1-10(20-13(19)11-5-3-2-4-6-11)12-7-8-15-14-16-9-17-18(12)14/h2-10H,1H3. The number of hydrogen-bond acceptors (Lipinski definition) is 5. The molecule has 0 amide bonds. The molecular weight excluding hydrogens is 256 g/mol. The minimum absolute atomic E-state index is 0.372.